The molecular formula is C16H24N2O. The molecule has 1 saturated carbocycles. The van der Waals surface area contributed by atoms with E-state index in [1.54, 1.807) is 0 Å². The zero-order valence-corrected chi connectivity index (χ0v) is 11.7. The summed E-state index contributed by atoms with van der Waals surface area (Å²) in [5.41, 5.74) is 6.06. The highest BCUT2D eigenvalue weighted by Crippen LogP contribution is 2.30. The number of hydrogen-bond acceptors (Lipinski definition) is 2. The number of nitrogens with two attached hydrogens (primary N) is 1. The van der Waals surface area contributed by atoms with Crippen LogP contribution in [0.25, 0.3) is 0 Å². The average Bonchev–Trinajstić information content (AvgIpc) is 2.91. The Kier molecular flexibility index (Phi) is 4.59. The third-order valence-corrected chi connectivity index (χ3v) is 4.12. The van der Waals surface area contributed by atoms with Crippen molar-refractivity contribution in [2.45, 2.75) is 57.0 Å². The molecule has 0 aliphatic heterocycles. The minimum Gasteiger partial charge on any atom is -0.368 e. The Morgan fingerprint density at radius 1 is 1.32 bits per heavy atom. The topological polar surface area (TPSA) is 55.1 Å². The molecule has 1 unspecified atom stereocenters. The zero-order valence-electron chi connectivity index (χ0n) is 11.7. The van der Waals surface area contributed by atoms with Crippen LogP contribution >= 0.6 is 0 Å². The van der Waals surface area contributed by atoms with E-state index in [0.717, 1.165) is 31.2 Å². The number of rotatable bonds is 6. The van der Waals surface area contributed by atoms with Crippen molar-refractivity contribution in [2.75, 3.05) is 0 Å². The summed E-state index contributed by atoms with van der Waals surface area (Å²) in [6.45, 7) is 2.09. The summed E-state index contributed by atoms with van der Waals surface area (Å²) >= 11 is 0. The Hall–Kier alpha value is -1.35. The summed E-state index contributed by atoms with van der Waals surface area (Å²) in [6, 6.07) is 10.3. The Bertz CT molecular complexity index is 412. The van der Waals surface area contributed by atoms with Gasteiger partial charge in [0.15, 0.2) is 0 Å². The lowest BCUT2D eigenvalue weighted by Gasteiger charge is -2.35. The molecule has 1 aromatic rings. The molecular weight excluding hydrogens is 236 g/mol. The summed E-state index contributed by atoms with van der Waals surface area (Å²) in [6.07, 6.45) is 6.46. The zero-order chi connectivity index (χ0) is 13.7. The molecule has 1 atom stereocenters. The highest BCUT2D eigenvalue weighted by molar-refractivity contribution is 5.86. The summed E-state index contributed by atoms with van der Waals surface area (Å²) in [4.78, 5) is 12.2. The molecule has 1 amide bonds. The molecule has 1 aliphatic carbocycles. The third kappa shape index (κ3) is 2.98. The number of nitrogens with one attached hydrogen (secondary N) is 1. The van der Waals surface area contributed by atoms with Crippen LogP contribution in [0.3, 0.4) is 0 Å². The van der Waals surface area contributed by atoms with Gasteiger partial charge in [0.25, 0.3) is 0 Å². The summed E-state index contributed by atoms with van der Waals surface area (Å²) < 4.78 is 0. The molecule has 0 radical (unpaired) electrons. The fourth-order valence-electron chi connectivity index (χ4n) is 3.15. The third-order valence-electron chi connectivity index (χ3n) is 4.12. The number of carbonyl (C=O) groups is 1. The quantitative estimate of drug-likeness (QED) is 0.826. The monoisotopic (exact) mass is 260 g/mol. The van der Waals surface area contributed by atoms with Gasteiger partial charge in [-0.05, 0) is 24.8 Å². The first-order valence-corrected chi connectivity index (χ1v) is 7.32. The van der Waals surface area contributed by atoms with Crippen LogP contribution in [-0.4, -0.2) is 11.9 Å². The summed E-state index contributed by atoms with van der Waals surface area (Å²) in [5, 5.41) is 3.57. The predicted octanol–water partition coefficient (Wildman–Crippen LogP) is 2.70. The highest BCUT2D eigenvalue weighted by Gasteiger charge is 2.39. The maximum atomic E-state index is 12.2. The van der Waals surface area contributed by atoms with Crippen molar-refractivity contribution in [1.82, 2.24) is 5.32 Å². The van der Waals surface area contributed by atoms with Crippen LogP contribution in [0.1, 0.15) is 51.0 Å². The minimum atomic E-state index is -0.703. The van der Waals surface area contributed by atoms with E-state index in [-0.39, 0.29) is 5.91 Å². The van der Waals surface area contributed by atoms with Crippen LogP contribution in [0.2, 0.25) is 0 Å². The molecule has 3 nitrogen and oxygen atoms in total. The maximum absolute atomic E-state index is 12.2. The smallest absolute Gasteiger partial charge is 0.242 e. The van der Waals surface area contributed by atoms with Crippen molar-refractivity contribution in [3.63, 3.8) is 0 Å². The molecule has 104 valence electrons. The van der Waals surface area contributed by atoms with E-state index in [1.807, 2.05) is 30.3 Å². The lowest BCUT2D eigenvalue weighted by Crippen LogP contribution is -2.55. The van der Waals surface area contributed by atoms with Crippen molar-refractivity contribution in [1.29, 1.82) is 0 Å². The van der Waals surface area contributed by atoms with Crippen LogP contribution in [-0.2, 0) is 10.3 Å². The Balaban J connectivity index is 2.32. The molecule has 0 heterocycles. The van der Waals surface area contributed by atoms with Gasteiger partial charge < -0.3 is 5.73 Å². The minimum absolute atomic E-state index is 0.257. The van der Waals surface area contributed by atoms with Crippen molar-refractivity contribution >= 4 is 5.91 Å². The van der Waals surface area contributed by atoms with Crippen LogP contribution in [0.15, 0.2) is 30.3 Å². The average molecular weight is 260 g/mol. The first-order chi connectivity index (χ1) is 9.19. The van der Waals surface area contributed by atoms with Crippen LogP contribution in [0, 0.1) is 0 Å². The number of carbonyl (C=O) groups excluding carboxylic acids is 1. The van der Waals surface area contributed by atoms with E-state index in [0.29, 0.717) is 6.04 Å². The van der Waals surface area contributed by atoms with Crippen LogP contribution in [0.4, 0.5) is 0 Å². The second kappa shape index (κ2) is 6.20. The lowest BCUT2D eigenvalue weighted by molar-refractivity contribution is -0.125. The van der Waals surface area contributed by atoms with Crippen molar-refractivity contribution in [2.24, 2.45) is 5.73 Å². The second-order valence-corrected chi connectivity index (χ2v) is 5.51. The van der Waals surface area contributed by atoms with Gasteiger partial charge in [-0.1, -0.05) is 56.5 Å². The van der Waals surface area contributed by atoms with Gasteiger partial charge in [-0.15, -0.1) is 0 Å². The predicted molar refractivity (Wildman–Crippen MR) is 77.6 cm³/mol. The fourth-order valence-corrected chi connectivity index (χ4v) is 3.15. The molecule has 1 fully saturated rings. The number of hydrogen-bond donors (Lipinski definition) is 2. The SMILES string of the molecule is CCCC(NC1CCCC1)(C(N)=O)c1ccccc1. The van der Waals surface area contributed by atoms with Crippen molar-refractivity contribution in [3.8, 4) is 0 Å². The van der Waals surface area contributed by atoms with Crippen LogP contribution in [0.5, 0.6) is 0 Å². The molecule has 2 rings (SSSR count). The van der Waals surface area contributed by atoms with E-state index in [9.17, 15) is 4.79 Å². The number of amides is 1. The summed E-state index contributed by atoms with van der Waals surface area (Å²) in [7, 11) is 0. The van der Waals surface area contributed by atoms with E-state index in [4.69, 9.17) is 5.73 Å². The van der Waals surface area contributed by atoms with Gasteiger partial charge in [0.05, 0.1) is 0 Å². The molecule has 0 spiro atoms. The number of primary amides is 1. The molecule has 0 saturated heterocycles. The van der Waals surface area contributed by atoms with Gasteiger partial charge in [0.1, 0.15) is 5.54 Å². The Labute approximate surface area is 115 Å². The van der Waals surface area contributed by atoms with Gasteiger partial charge in [-0.2, -0.15) is 0 Å². The molecule has 1 aliphatic rings. The Morgan fingerprint density at radius 2 is 1.95 bits per heavy atom. The van der Waals surface area contributed by atoms with Gasteiger partial charge in [-0.3, -0.25) is 10.1 Å². The van der Waals surface area contributed by atoms with E-state index >= 15 is 0 Å². The maximum Gasteiger partial charge on any atom is 0.242 e. The molecule has 0 aromatic heterocycles. The number of benzene rings is 1. The highest BCUT2D eigenvalue weighted by atomic mass is 16.1. The van der Waals surface area contributed by atoms with Gasteiger partial charge in [0.2, 0.25) is 5.91 Å². The van der Waals surface area contributed by atoms with Crippen molar-refractivity contribution < 1.29 is 4.79 Å². The van der Waals surface area contributed by atoms with E-state index < -0.39 is 5.54 Å². The van der Waals surface area contributed by atoms with Gasteiger partial charge >= 0.3 is 0 Å². The second-order valence-electron chi connectivity index (χ2n) is 5.51. The van der Waals surface area contributed by atoms with Gasteiger partial charge in [0, 0.05) is 6.04 Å². The normalized spacial score (nSPS) is 19.2. The molecule has 19 heavy (non-hydrogen) atoms. The van der Waals surface area contributed by atoms with E-state index in [2.05, 4.69) is 12.2 Å². The van der Waals surface area contributed by atoms with E-state index in [1.165, 1.54) is 12.8 Å². The molecule has 1 aromatic carbocycles. The first-order valence-electron chi connectivity index (χ1n) is 7.32. The first kappa shape index (κ1) is 14.1. The molecule has 3 N–H and O–H groups in total. The lowest BCUT2D eigenvalue weighted by atomic mass is 9.83. The Morgan fingerprint density at radius 3 is 2.47 bits per heavy atom. The standard InChI is InChI=1S/C16H24N2O/c1-2-12-16(15(17)19,13-8-4-3-5-9-13)18-14-10-6-7-11-14/h3-5,8-9,14,18H,2,6-7,10-12H2,1H3,(H2,17,19). The molecule has 3 heteroatoms. The van der Waals surface area contributed by atoms with Crippen molar-refractivity contribution in [3.05, 3.63) is 35.9 Å². The fraction of sp³-hybridized carbons (Fsp3) is 0.562. The van der Waals surface area contributed by atoms with Crippen LogP contribution < -0.4 is 11.1 Å². The largest absolute Gasteiger partial charge is 0.368 e. The summed E-state index contributed by atoms with van der Waals surface area (Å²) in [5.74, 6) is -0.257. The molecule has 0 bridgehead atoms. The van der Waals surface area contributed by atoms with Gasteiger partial charge in [-0.25, -0.2) is 0 Å².